The van der Waals surface area contributed by atoms with E-state index in [-0.39, 0.29) is 18.2 Å². The molecule has 1 aromatic heterocycles. The summed E-state index contributed by atoms with van der Waals surface area (Å²) in [7, 11) is 0. The lowest BCUT2D eigenvalue weighted by Gasteiger charge is -2.14. The van der Waals surface area contributed by atoms with E-state index in [9.17, 15) is 13.2 Å². The molecule has 0 fully saturated rings. The van der Waals surface area contributed by atoms with Crippen molar-refractivity contribution in [3.63, 3.8) is 0 Å². The van der Waals surface area contributed by atoms with Crippen LogP contribution in [-0.2, 0) is 12.6 Å². The molecule has 1 rings (SSSR count). The van der Waals surface area contributed by atoms with E-state index in [1.165, 1.54) is 12.3 Å². The molecule has 0 aromatic carbocycles. The van der Waals surface area contributed by atoms with Gasteiger partial charge in [0.1, 0.15) is 0 Å². The van der Waals surface area contributed by atoms with Crippen molar-refractivity contribution in [2.24, 2.45) is 5.73 Å². The van der Waals surface area contributed by atoms with Crippen LogP contribution in [0.25, 0.3) is 0 Å². The standard InChI is InChI=1S/C11H15F3N2/c1-2-4-8(15)7-10-9(11(12,13)14)5-3-6-16-10/h3,5-6,8H,2,4,7,15H2,1H3. The summed E-state index contributed by atoms with van der Waals surface area (Å²) < 4.78 is 37.8. The number of nitrogens with two attached hydrogens (primary N) is 1. The van der Waals surface area contributed by atoms with Crippen LogP contribution in [0.3, 0.4) is 0 Å². The quantitative estimate of drug-likeness (QED) is 0.866. The van der Waals surface area contributed by atoms with E-state index in [2.05, 4.69) is 4.98 Å². The third kappa shape index (κ3) is 3.48. The van der Waals surface area contributed by atoms with E-state index in [0.29, 0.717) is 6.42 Å². The Hall–Kier alpha value is -1.10. The second kappa shape index (κ2) is 5.30. The minimum absolute atomic E-state index is 0.0379. The minimum atomic E-state index is -4.35. The molecule has 1 aromatic rings. The summed E-state index contributed by atoms with van der Waals surface area (Å²) in [5.41, 5.74) is 5.08. The summed E-state index contributed by atoms with van der Waals surface area (Å²) in [6.45, 7) is 1.95. The lowest BCUT2D eigenvalue weighted by atomic mass is 10.0. The normalized spacial score (nSPS) is 13.8. The zero-order chi connectivity index (χ0) is 12.2. The van der Waals surface area contributed by atoms with Gasteiger partial charge < -0.3 is 5.73 Å². The van der Waals surface area contributed by atoms with Crippen molar-refractivity contribution in [2.45, 2.75) is 38.4 Å². The maximum absolute atomic E-state index is 12.6. The molecule has 2 N–H and O–H groups in total. The van der Waals surface area contributed by atoms with Crippen LogP contribution in [0.15, 0.2) is 18.3 Å². The van der Waals surface area contributed by atoms with Gasteiger partial charge in [-0.25, -0.2) is 0 Å². The van der Waals surface area contributed by atoms with E-state index in [1.54, 1.807) is 0 Å². The molecule has 5 heteroatoms. The Morgan fingerprint density at radius 3 is 2.69 bits per heavy atom. The van der Waals surface area contributed by atoms with Gasteiger partial charge in [0.25, 0.3) is 0 Å². The molecule has 2 nitrogen and oxygen atoms in total. The molecule has 0 aliphatic rings. The van der Waals surface area contributed by atoms with Gasteiger partial charge >= 0.3 is 6.18 Å². The summed E-state index contributed by atoms with van der Waals surface area (Å²) in [4.78, 5) is 3.77. The highest BCUT2D eigenvalue weighted by Gasteiger charge is 2.33. The third-order valence-electron chi connectivity index (χ3n) is 2.31. The van der Waals surface area contributed by atoms with Gasteiger partial charge in [0.15, 0.2) is 0 Å². The van der Waals surface area contributed by atoms with Crippen molar-refractivity contribution in [3.05, 3.63) is 29.6 Å². The highest BCUT2D eigenvalue weighted by molar-refractivity contribution is 5.23. The Bertz CT molecular complexity index is 336. The molecular weight excluding hydrogens is 217 g/mol. The Morgan fingerprint density at radius 1 is 1.44 bits per heavy atom. The molecule has 1 atom stereocenters. The molecule has 1 unspecified atom stereocenters. The molecule has 0 saturated carbocycles. The Balaban J connectivity index is 2.87. The number of rotatable bonds is 4. The molecule has 1 heterocycles. The first-order valence-electron chi connectivity index (χ1n) is 5.21. The fourth-order valence-electron chi connectivity index (χ4n) is 1.58. The average Bonchev–Trinajstić information content (AvgIpc) is 2.17. The fourth-order valence-corrected chi connectivity index (χ4v) is 1.58. The zero-order valence-electron chi connectivity index (χ0n) is 9.09. The van der Waals surface area contributed by atoms with Crippen LogP contribution in [-0.4, -0.2) is 11.0 Å². The monoisotopic (exact) mass is 232 g/mol. The number of halogens is 3. The summed E-state index contributed by atoms with van der Waals surface area (Å²) in [6.07, 6.45) is -1.26. The van der Waals surface area contributed by atoms with Crippen LogP contribution >= 0.6 is 0 Å². The SMILES string of the molecule is CCCC(N)Cc1ncccc1C(F)(F)F. The zero-order valence-corrected chi connectivity index (χ0v) is 9.09. The van der Waals surface area contributed by atoms with Gasteiger partial charge in [-0.1, -0.05) is 13.3 Å². The van der Waals surface area contributed by atoms with Crippen molar-refractivity contribution in [1.29, 1.82) is 0 Å². The van der Waals surface area contributed by atoms with Crippen molar-refractivity contribution in [2.75, 3.05) is 0 Å². The molecule has 0 saturated heterocycles. The van der Waals surface area contributed by atoms with Crippen LogP contribution < -0.4 is 5.73 Å². The number of alkyl halides is 3. The van der Waals surface area contributed by atoms with E-state index in [4.69, 9.17) is 5.73 Å². The van der Waals surface area contributed by atoms with Crippen molar-refractivity contribution in [3.8, 4) is 0 Å². The van der Waals surface area contributed by atoms with Gasteiger partial charge in [-0.05, 0) is 18.6 Å². The molecule has 0 amide bonds. The smallest absolute Gasteiger partial charge is 0.327 e. The number of pyridine rings is 1. The summed E-state index contributed by atoms with van der Waals surface area (Å²) in [5.74, 6) is 0. The molecule has 0 spiro atoms. The van der Waals surface area contributed by atoms with Crippen LogP contribution in [0.2, 0.25) is 0 Å². The van der Waals surface area contributed by atoms with Gasteiger partial charge in [-0.15, -0.1) is 0 Å². The van der Waals surface area contributed by atoms with Crippen molar-refractivity contribution in [1.82, 2.24) is 4.98 Å². The predicted octanol–water partition coefficient (Wildman–Crippen LogP) is 2.77. The molecule has 16 heavy (non-hydrogen) atoms. The van der Waals surface area contributed by atoms with E-state index in [1.807, 2.05) is 6.92 Å². The van der Waals surface area contributed by atoms with Gasteiger partial charge in [-0.3, -0.25) is 4.98 Å². The molecular formula is C11H15F3N2. The van der Waals surface area contributed by atoms with Gasteiger partial charge in [0.2, 0.25) is 0 Å². The van der Waals surface area contributed by atoms with Crippen LogP contribution in [0.1, 0.15) is 31.0 Å². The highest BCUT2D eigenvalue weighted by atomic mass is 19.4. The number of nitrogens with zero attached hydrogens (tertiary/aromatic N) is 1. The number of hydrogen-bond acceptors (Lipinski definition) is 2. The van der Waals surface area contributed by atoms with Gasteiger partial charge in [-0.2, -0.15) is 13.2 Å². The Kier molecular flexibility index (Phi) is 4.29. The lowest BCUT2D eigenvalue weighted by Crippen LogP contribution is -2.25. The number of aromatic nitrogens is 1. The predicted molar refractivity (Wildman–Crippen MR) is 55.8 cm³/mol. The average molecular weight is 232 g/mol. The largest absolute Gasteiger partial charge is 0.418 e. The van der Waals surface area contributed by atoms with Gasteiger partial charge in [0.05, 0.1) is 11.3 Å². The number of hydrogen-bond donors (Lipinski definition) is 1. The molecule has 0 aliphatic carbocycles. The molecule has 0 bridgehead atoms. The second-order valence-electron chi connectivity index (χ2n) is 3.75. The van der Waals surface area contributed by atoms with Crippen molar-refractivity contribution < 1.29 is 13.2 Å². The summed E-state index contributed by atoms with van der Waals surface area (Å²) in [6, 6.07) is 2.07. The van der Waals surface area contributed by atoms with E-state index >= 15 is 0 Å². The Labute approximate surface area is 92.7 Å². The van der Waals surface area contributed by atoms with E-state index in [0.717, 1.165) is 12.5 Å². The first-order chi connectivity index (χ1) is 7.45. The molecule has 0 aliphatic heterocycles. The first-order valence-corrected chi connectivity index (χ1v) is 5.21. The summed E-state index contributed by atoms with van der Waals surface area (Å²) in [5, 5.41) is 0. The Morgan fingerprint density at radius 2 is 2.12 bits per heavy atom. The summed E-state index contributed by atoms with van der Waals surface area (Å²) >= 11 is 0. The van der Waals surface area contributed by atoms with Crippen LogP contribution in [0.5, 0.6) is 0 Å². The lowest BCUT2D eigenvalue weighted by molar-refractivity contribution is -0.138. The van der Waals surface area contributed by atoms with E-state index < -0.39 is 11.7 Å². The maximum Gasteiger partial charge on any atom is 0.418 e. The first kappa shape index (κ1) is 13.0. The molecule has 90 valence electrons. The highest BCUT2D eigenvalue weighted by Crippen LogP contribution is 2.31. The fraction of sp³-hybridized carbons (Fsp3) is 0.545. The van der Waals surface area contributed by atoms with Crippen LogP contribution in [0.4, 0.5) is 13.2 Å². The van der Waals surface area contributed by atoms with Crippen molar-refractivity contribution >= 4 is 0 Å². The second-order valence-corrected chi connectivity index (χ2v) is 3.75. The van der Waals surface area contributed by atoms with Crippen LogP contribution in [0, 0.1) is 0 Å². The molecule has 0 radical (unpaired) electrons. The minimum Gasteiger partial charge on any atom is -0.327 e. The van der Waals surface area contributed by atoms with Gasteiger partial charge in [0, 0.05) is 18.7 Å². The topological polar surface area (TPSA) is 38.9 Å². The third-order valence-corrected chi connectivity index (χ3v) is 2.31. The maximum atomic E-state index is 12.6.